The fraction of sp³-hybridized carbons (Fsp3) is 0.917. The van der Waals surface area contributed by atoms with E-state index in [-0.39, 0.29) is 36.1 Å². The predicted octanol–water partition coefficient (Wildman–Crippen LogP) is 0.196. The number of sulfonamides is 1. The van der Waals surface area contributed by atoms with E-state index < -0.39 is 10.0 Å². The van der Waals surface area contributed by atoms with Gasteiger partial charge in [-0.25, -0.2) is 13.1 Å². The summed E-state index contributed by atoms with van der Waals surface area (Å²) in [6.07, 6.45) is 0.967. The fourth-order valence-electron chi connectivity index (χ4n) is 1.79. The van der Waals surface area contributed by atoms with E-state index >= 15 is 0 Å². The van der Waals surface area contributed by atoms with Gasteiger partial charge >= 0.3 is 0 Å². The first-order chi connectivity index (χ1) is 8.56. The largest absolute Gasteiger partial charge is 0.355 e. The highest BCUT2D eigenvalue weighted by molar-refractivity contribution is 7.89. The Morgan fingerprint density at radius 1 is 1.32 bits per heavy atom. The first kappa shape index (κ1) is 18.3. The lowest BCUT2D eigenvalue weighted by Gasteiger charge is -2.22. The number of carbonyl (C=O) groups is 1. The number of nitrogens with one attached hydrogen (secondary N) is 2. The number of nitrogens with two attached hydrogens (primary N) is 1. The van der Waals surface area contributed by atoms with Gasteiger partial charge in [-0.05, 0) is 11.8 Å². The molecular weight excluding hydrogens is 266 g/mol. The van der Waals surface area contributed by atoms with Crippen LogP contribution in [0.2, 0.25) is 0 Å². The van der Waals surface area contributed by atoms with E-state index in [1.165, 1.54) is 0 Å². The standard InChI is InChI=1S/C12H27N3O3S/c1-5-15-19(17,18)7-6-14-11(16)8-10(13)9-12(2,3)4/h10,15H,5-9,13H2,1-4H3,(H,14,16). The third-order valence-electron chi connectivity index (χ3n) is 2.38. The zero-order valence-corrected chi connectivity index (χ0v) is 13.1. The molecule has 0 saturated heterocycles. The summed E-state index contributed by atoms with van der Waals surface area (Å²) in [5, 5.41) is 2.58. The molecule has 7 heteroatoms. The first-order valence-electron chi connectivity index (χ1n) is 6.55. The normalized spacial score (nSPS) is 14.2. The molecule has 0 spiro atoms. The molecule has 0 aromatic rings. The summed E-state index contributed by atoms with van der Waals surface area (Å²) in [5.74, 6) is -0.315. The molecule has 6 nitrogen and oxygen atoms in total. The Morgan fingerprint density at radius 3 is 2.37 bits per heavy atom. The summed E-state index contributed by atoms with van der Waals surface area (Å²) in [5.41, 5.74) is 5.95. The van der Waals surface area contributed by atoms with Crippen molar-refractivity contribution in [2.24, 2.45) is 11.1 Å². The van der Waals surface area contributed by atoms with E-state index in [1.807, 2.05) is 0 Å². The van der Waals surface area contributed by atoms with Crippen LogP contribution < -0.4 is 15.8 Å². The lowest BCUT2D eigenvalue weighted by Crippen LogP contribution is -2.37. The van der Waals surface area contributed by atoms with E-state index in [4.69, 9.17) is 5.73 Å². The second-order valence-corrected chi connectivity index (χ2v) is 7.82. The number of carbonyl (C=O) groups excluding carboxylic acids is 1. The van der Waals surface area contributed by atoms with E-state index in [2.05, 4.69) is 30.8 Å². The van der Waals surface area contributed by atoms with E-state index in [0.717, 1.165) is 6.42 Å². The Kier molecular flexibility index (Phi) is 7.54. The molecule has 0 rings (SSSR count). The molecule has 0 aromatic carbocycles. The van der Waals surface area contributed by atoms with E-state index in [0.29, 0.717) is 6.54 Å². The molecule has 0 saturated carbocycles. The molecule has 4 N–H and O–H groups in total. The van der Waals surface area contributed by atoms with Crippen molar-refractivity contribution in [1.82, 2.24) is 10.0 Å². The van der Waals surface area contributed by atoms with Crippen molar-refractivity contribution in [2.75, 3.05) is 18.8 Å². The van der Waals surface area contributed by atoms with Crippen LogP contribution in [0.1, 0.15) is 40.5 Å². The average Bonchev–Trinajstić information content (AvgIpc) is 2.12. The van der Waals surface area contributed by atoms with Gasteiger partial charge in [-0.3, -0.25) is 4.79 Å². The van der Waals surface area contributed by atoms with Gasteiger partial charge in [0.05, 0.1) is 5.75 Å². The molecule has 1 unspecified atom stereocenters. The van der Waals surface area contributed by atoms with Crippen molar-refractivity contribution >= 4 is 15.9 Å². The van der Waals surface area contributed by atoms with Crippen LogP contribution in [-0.4, -0.2) is 39.2 Å². The van der Waals surface area contributed by atoms with Gasteiger partial charge in [0, 0.05) is 25.6 Å². The van der Waals surface area contributed by atoms with Gasteiger partial charge in [-0.1, -0.05) is 27.7 Å². The molecule has 0 bridgehead atoms. The van der Waals surface area contributed by atoms with Crippen LogP contribution >= 0.6 is 0 Å². The molecule has 1 atom stereocenters. The minimum Gasteiger partial charge on any atom is -0.355 e. The van der Waals surface area contributed by atoms with Crippen LogP contribution in [-0.2, 0) is 14.8 Å². The molecule has 0 fully saturated rings. The molecule has 0 aliphatic carbocycles. The third-order valence-corrected chi connectivity index (χ3v) is 3.85. The third kappa shape index (κ3) is 10.9. The van der Waals surface area contributed by atoms with Crippen molar-refractivity contribution in [3.05, 3.63) is 0 Å². The zero-order chi connectivity index (χ0) is 15.1. The molecule has 1 amide bonds. The van der Waals surface area contributed by atoms with Crippen LogP contribution in [0.3, 0.4) is 0 Å². The lowest BCUT2D eigenvalue weighted by molar-refractivity contribution is -0.121. The van der Waals surface area contributed by atoms with Gasteiger partial charge in [-0.15, -0.1) is 0 Å². The van der Waals surface area contributed by atoms with Gasteiger partial charge < -0.3 is 11.1 Å². The van der Waals surface area contributed by atoms with E-state index in [1.54, 1.807) is 6.92 Å². The summed E-state index contributed by atoms with van der Waals surface area (Å²) < 4.78 is 25.0. The first-order valence-corrected chi connectivity index (χ1v) is 8.20. The molecule has 0 aromatic heterocycles. The highest BCUT2D eigenvalue weighted by atomic mass is 32.2. The van der Waals surface area contributed by atoms with Crippen molar-refractivity contribution < 1.29 is 13.2 Å². The predicted molar refractivity (Wildman–Crippen MR) is 77.1 cm³/mol. The second kappa shape index (κ2) is 7.81. The maximum absolute atomic E-state index is 11.6. The Morgan fingerprint density at radius 2 is 1.89 bits per heavy atom. The van der Waals surface area contributed by atoms with Gasteiger partial charge in [0.25, 0.3) is 0 Å². The number of hydrogen-bond acceptors (Lipinski definition) is 4. The van der Waals surface area contributed by atoms with Gasteiger partial charge in [0.1, 0.15) is 0 Å². The summed E-state index contributed by atoms with van der Waals surface area (Å²) in [4.78, 5) is 11.6. The van der Waals surface area contributed by atoms with Gasteiger partial charge in [-0.2, -0.15) is 0 Å². The maximum atomic E-state index is 11.6. The van der Waals surface area contributed by atoms with Crippen LogP contribution in [0.4, 0.5) is 0 Å². The van der Waals surface area contributed by atoms with Crippen LogP contribution in [0.5, 0.6) is 0 Å². The van der Waals surface area contributed by atoms with Crippen LogP contribution in [0.15, 0.2) is 0 Å². The zero-order valence-electron chi connectivity index (χ0n) is 12.3. The molecule has 114 valence electrons. The number of hydrogen-bond donors (Lipinski definition) is 3. The summed E-state index contributed by atoms with van der Waals surface area (Å²) in [6.45, 7) is 8.36. The molecule has 0 radical (unpaired) electrons. The van der Waals surface area contributed by atoms with Gasteiger partial charge in [0.15, 0.2) is 0 Å². The quantitative estimate of drug-likeness (QED) is 0.595. The monoisotopic (exact) mass is 293 g/mol. The minimum atomic E-state index is -3.28. The smallest absolute Gasteiger partial charge is 0.221 e. The molecule has 0 heterocycles. The lowest BCUT2D eigenvalue weighted by atomic mass is 9.87. The molecule has 0 aliphatic rings. The Labute approximate surface area is 116 Å². The summed E-state index contributed by atoms with van der Waals surface area (Å²) >= 11 is 0. The molecule has 19 heavy (non-hydrogen) atoms. The Hall–Kier alpha value is -0.660. The van der Waals surface area contributed by atoms with Crippen molar-refractivity contribution in [3.63, 3.8) is 0 Å². The molecule has 0 aliphatic heterocycles. The van der Waals surface area contributed by atoms with Gasteiger partial charge in [0.2, 0.25) is 15.9 Å². The molecular formula is C12H27N3O3S. The summed E-state index contributed by atoms with van der Waals surface area (Å²) in [7, 11) is -3.28. The Balaban J connectivity index is 3.94. The SMILES string of the molecule is CCNS(=O)(=O)CCNC(=O)CC(N)CC(C)(C)C. The number of amides is 1. The Bertz CT molecular complexity index is 374. The summed E-state index contributed by atoms with van der Waals surface area (Å²) in [6, 6.07) is -0.203. The maximum Gasteiger partial charge on any atom is 0.221 e. The van der Waals surface area contributed by atoms with Crippen LogP contribution in [0, 0.1) is 5.41 Å². The number of rotatable bonds is 8. The highest BCUT2D eigenvalue weighted by Gasteiger charge is 2.18. The average molecular weight is 293 g/mol. The highest BCUT2D eigenvalue weighted by Crippen LogP contribution is 2.20. The fourth-order valence-corrected chi connectivity index (χ4v) is 2.74. The van der Waals surface area contributed by atoms with Crippen molar-refractivity contribution in [1.29, 1.82) is 0 Å². The topological polar surface area (TPSA) is 101 Å². The van der Waals surface area contributed by atoms with Crippen LogP contribution in [0.25, 0.3) is 0 Å². The van der Waals surface area contributed by atoms with Crippen molar-refractivity contribution in [3.8, 4) is 0 Å². The van der Waals surface area contributed by atoms with Crippen molar-refractivity contribution in [2.45, 2.75) is 46.6 Å². The minimum absolute atomic E-state index is 0.0775. The van der Waals surface area contributed by atoms with E-state index in [9.17, 15) is 13.2 Å². The second-order valence-electron chi connectivity index (χ2n) is 5.90.